The van der Waals surface area contributed by atoms with Crippen molar-refractivity contribution in [3.05, 3.63) is 0 Å². The van der Waals surface area contributed by atoms with E-state index in [1.54, 1.807) is 0 Å². The van der Waals surface area contributed by atoms with E-state index in [0.717, 1.165) is 12.8 Å². The molecule has 1 heterocycles. The van der Waals surface area contributed by atoms with E-state index in [9.17, 15) is 9.59 Å². The van der Waals surface area contributed by atoms with Gasteiger partial charge in [-0.15, -0.1) is 0 Å². The zero-order chi connectivity index (χ0) is 15.1. The lowest BCUT2D eigenvalue weighted by molar-refractivity contribution is -0.149. The summed E-state index contributed by atoms with van der Waals surface area (Å²) in [5.74, 6) is -0.920. The van der Waals surface area contributed by atoms with Gasteiger partial charge in [0.1, 0.15) is 0 Å². The maximum Gasteiger partial charge on any atom is 0.332 e. The Hall–Kier alpha value is -1.30. The van der Waals surface area contributed by atoms with E-state index in [-0.39, 0.29) is 18.2 Å². The molecule has 3 N–H and O–H groups in total. The van der Waals surface area contributed by atoms with Gasteiger partial charge < -0.3 is 20.5 Å². The Bertz CT molecular complexity index is 354. The summed E-state index contributed by atoms with van der Waals surface area (Å²) >= 11 is 0. The van der Waals surface area contributed by atoms with Crippen LogP contribution in [0.25, 0.3) is 0 Å². The topological polar surface area (TPSA) is 87.7 Å². The molecule has 0 aromatic rings. The minimum atomic E-state index is -0.920. The SMILES string of the molecule is O=C(NCC1CCC(C(=O)O)O1)NC1CCCCCCC1. The van der Waals surface area contributed by atoms with E-state index in [2.05, 4.69) is 10.6 Å². The van der Waals surface area contributed by atoms with Crippen molar-refractivity contribution < 1.29 is 19.4 Å². The molecule has 1 saturated heterocycles. The van der Waals surface area contributed by atoms with Crippen LogP contribution in [0.4, 0.5) is 4.79 Å². The maximum absolute atomic E-state index is 11.9. The van der Waals surface area contributed by atoms with Crippen molar-refractivity contribution >= 4 is 12.0 Å². The molecule has 0 aromatic carbocycles. The molecule has 2 amide bonds. The van der Waals surface area contributed by atoms with Gasteiger partial charge in [0, 0.05) is 12.6 Å². The number of rotatable bonds is 4. The molecule has 1 saturated carbocycles. The molecule has 120 valence electrons. The summed E-state index contributed by atoms with van der Waals surface area (Å²) in [7, 11) is 0. The van der Waals surface area contributed by atoms with Crippen molar-refractivity contribution in [1.82, 2.24) is 10.6 Å². The number of hydrogen-bond acceptors (Lipinski definition) is 3. The first-order chi connectivity index (χ1) is 10.1. The first kappa shape index (κ1) is 16.1. The van der Waals surface area contributed by atoms with Gasteiger partial charge in [0.2, 0.25) is 0 Å². The predicted molar refractivity (Wildman–Crippen MR) is 78.2 cm³/mol. The van der Waals surface area contributed by atoms with E-state index in [4.69, 9.17) is 9.84 Å². The second kappa shape index (κ2) is 8.22. The summed E-state index contributed by atoms with van der Waals surface area (Å²) in [5.41, 5.74) is 0. The van der Waals surface area contributed by atoms with Gasteiger partial charge in [-0.1, -0.05) is 32.1 Å². The smallest absolute Gasteiger partial charge is 0.332 e. The van der Waals surface area contributed by atoms with Crippen molar-refractivity contribution in [3.8, 4) is 0 Å². The number of amides is 2. The molecule has 0 bridgehead atoms. The van der Waals surface area contributed by atoms with Crippen LogP contribution in [0, 0.1) is 0 Å². The number of aliphatic carboxylic acids is 1. The number of carboxylic acids is 1. The lowest BCUT2D eigenvalue weighted by Crippen LogP contribution is -2.44. The minimum Gasteiger partial charge on any atom is -0.479 e. The van der Waals surface area contributed by atoms with Gasteiger partial charge in [-0.2, -0.15) is 0 Å². The first-order valence-corrected chi connectivity index (χ1v) is 8.08. The Morgan fingerprint density at radius 3 is 2.29 bits per heavy atom. The van der Waals surface area contributed by atoms with Crippen LogP contribution in [0.15, 0.2) is 0 Å². The number of ether oxygens (including phenoxy) is 1. The normalized spacial score (nSPS) is 27.6. The van der Waals surface area contributed by atoms with Gasteiger partial charge in [0.15, 0.2) is 6.10 Å². The van der Waals surface area contributed by atoms with Crippen LogP contribution in [0.2, 0.25) is 0 Å². The number of nitrogens with one attached hydrogen (secondary N) is 2. The number of carboxylic acid groups (broad SMARTS) is 1. The quantitative estimate of drug-likeness (QED) is 0.741. The average molecular weight is 298 g/mol. The summed E-state index contributed by atoms with van der Waals surface area (Å²) in [4.78, 5) is 22.7. The van der Waals surface area contributed by atoms with Crippen molar-refractivity contribution in [2.45, 2.75) is 76.0 Å². The lowest BCUT2D eigenvalue weighted by atomic mass is 9.97. The summed E-state index contributed by atoms with van der Waals surface area (Å²) in [6.45, 7) is 0.377. The Kier molecular flexibility index (Phi) is 6.29. The van der Waals surface area contributed by atoms with Crippen molar-refractivity contribution in [2.24, 2.45) is 0 Å². The first-order valence-electron chi connectivity index (χ1n) is 8.08. The van der Waals surface area contributed by atoms with Crippen LogP contribution in [-0.2, 0) is 9.53 Å². The highest BCUT2D eigenvalue weighted by Crippen LogP contribution is 2.19. The molecule has 2 atom stereocenters. The molecular formula is C15H26N2O4. The average Bonchev–Trinajstić information content (AvgIpc) is 2.88. The standard InChI is InChI=1S/C15H26N2O4/c18-14(19)13-9-8-12(21-13)10-16-15(20)17-11-6-4-2-1-3-5-7-11/h11-13H,1-10H2,(H,18,19)(H2,16,17,20). The van der Waals surface area contributed by atoms with Crippen LogP contribution in [0.1, 0.15) is 57.8 Å². The van der Waals surface area contributed by atoms with Crippen LogP contribution >= 0.6 is 0 Å². The van der Waals surface area contributed by atoms with Gasteiger partial charge in [-0.3, -0.25) is 0 Å². The summed E-state index contributed by atoms with van der Waals surface area (Å²) < 4.78 is 5.36. The van der Waals surface area contributed by atoms with Crippen LogP contribution in [-0.4, -0.2) is 41.9 Å². The van der Waals surface area contributed by atoms with Crippen LogP contribution in [0.3, 0.4) is 0 Å². The molecule has 2 aliphatic rings. The van der Waals surface area contributed by atoms with Crippen LogP contribution < -0.4 is 10.6 Å². The highest BCUT2D eigenvalue weighted by molar-refractivity contribution is 5.74. The zero-order valence-corrected chi connectivity index (χ0v) is 12.5. The fraction of sp³-hybridized carbons (Fsp3) is 0.867. The molecule has 1 aliphatic heterocycles. The highest BCUT2D eigenvalue weighted by atomic mass is 16.5. The summed E-state index contributed by atoms with van der Waals surface area (Å²) in [5, 5.41) is 14.7. The molecule has 21 heavy (non-hydrogen) atoms. The second-order valence-corrected chi connectivity index (χ2v) is 6.06. The third-order valence-corrected chi connectivity index (χ3v) is 4.31. The monoisotopic (exact) mass is 298 g/mol. The largest absolute Gasteiger partial charge is 0.479 e. The van der Waals surface area contributed by atoms with Gasteiger partial charge in [-0.05, 0) is 25.7 Å². The Labute approximate surface area is 125 Å². The fourth-order valence-corrected chi connectivity index (χ4v) is 3.08. The van der Waals surface area contributed by atoms with Gasteiger partial charge >= 0.3 is 12.0 Å². The molecule has 0 spiro atoms. The molecule has 2 fully saturated rings. The fourth-order valence-electron chi connectivity index (χ4n) is 3.08. The Morgan fingerprint density at radius 2 is 1.67 bits per heavy atom. The van der Waals surface area contributed by atoms with Gasteiger partial charge in [0.25, 0.3) is 0 Å². The zero-order valence-electron chi connectivity index (χ0n) is 12.5. The molecule has 0 radical (unpaired) electrons. The number of urea groups is 1. The van der Waals surface area contributed by atoms with Crippen molar-refractivity contribution in [1.29, 1.82) is 0 Å². The highest BCUT2D eigenvalue weighted by Gasteiger charge is 2.30. The van der Waals surface area contributed by atoms with E-state index < -0.39 is 12.1 Å². The molecule has 6 heteroatoms. The van der Waals surface area contributed by atoms with Crippen molar-refractivity contribution in [2.75, 3.05) is 6.54 Å². The van der Waals surface area contributed by atoms with E-state index >= 15 is 0 Å². The van der Waals surface area contributed by atoms with E-state index in [1.807, 2.05) is 0 Å². The number of hydrogen-bond donors (Lipinski definition) is 3. The van der Waals surface area contributed by atoms with Crippen LogP contribution in [0.5, 0.6) is 0 Å². The maximum atomic E-state index is 11.9. The lowest BCUT2D eigenvalue weighted by Gasteiger charge is -2.21. The number of carbonyl (C=O) groups is 2. The van der Waals surface area contributed by atoms with E-state index in [1.165, 1.54) is 32.1 Å². The summed E-state index contributed by atoms with van der Waals surface area (Å²) in [6, 6.07) is 0.101. The third-order valence-electron chi connectivity index (χ3n) is 4.31. The number of carbonyl (C=O) groups excluding carboxylic acids is 1. The molecule has 6 nitrogen and oxygen atoms in total. The minimum absolute atomic E-state index is 0.164. The molecular weight excluding hydrogens is 272 g/mol. The molecule has 1 aliphatic carbocycles. The van der Waals surface area contributed by atoms with Gasteiger partial charge in [-0.25, -0.2) is 9.59 Å². The van der Waals surface area contributed by atoms with Crippen molar-refractivity contribution in [3.63, 3.8) is 0 Å². The second-order valence-electron chi connectivity index (χ2n) is 6.06. The van der Waals surface area contributed by atoms with E-state index in [0.29, 0.717) is 19.4 Å². The predicted octanol–water partition coefficient (Wildman–Crippen LogP) is 2.03. The Morgan fingerprint density at radius 1 is 1.00 bits per heavy atom. The summed E-state index contributed by atoms with van der Waals surface area (Å²) in [6.07, 6.45) is 8.57. The third kappa shape index (κ3) is 5.53. The molecule has 0 aromatic heterocycles. The molecule has 2 unspecified atom stereocenters. The molecule has 2 rings (SSSR count). The van der Waals surface area contributed by atoms with Gasteiger partial charge in [0.05, 0.1) is 6.10 Å². The Balaban J connectivity index is 1.64.